The number of halogens is 1. The number of hydrogen-bond donors (Lipinski definition) is 4. The summed E-state index contributed by atoms with van der Waals surface area (Å²) in [7, 11) is 1.84. The predicted molar refractivity (Wildman–Crippen MR) is 158 cm³/mol. The van der Waals surface area contributed by atoms with Crippen LogP contribution in [0.25, 0.3) is 0 Å². The predicted octanol–water partition coefficient (Wildman–Crippen LogP) is 5.12. The molecule has 1 atom stereocenters. The van der Waals surface area contributed by atoms with Crippen LogP contribution in [-0.2, 0) is 9.53 Å². The minimum absolute atomic E-state index is 0.00370. The number of nitrogens with zero attached hydrogens (tertiary/aromatic N) is 4. The zero-order valence-electron chi connectivity index (χ0n) is 24.1. The Labute approximate surface area is 240 Å². The van der Waals surface area contributed by atoms with E-state index in [-0.39, 0.29) is 17.9 Å². The molecule has 1 amide bonds. The Balaban J connectivity index is 1.43. The van der Waals surface area contributed by atoms with E-state index in [9.17, 15) is 9.18 Å². The SMILES string of the molecule is C=C(C)/C=C(\NC)Nc1cc(C)nc(C2CCC3(CC2)OCCN([C@@H](C)c2ccc(N/C=C(/F)C=N)nc2)C3=O)n1. The number of ether oxygens (including phenoxy) is 1. The number of nitrogens with one attached hydrogen (secondary N) is 4. The van der Waals surface area contributed by atoms with Gasteiger partial charge >= 0.3 is 0 Å². The third-order valence-corrected chi connectivity index (χ3v) is 7.55. The van der Waals surface area contributed by atoms with Gasteiger partial charge in [-0.1, -0.05) is 18.2 Å². The molecular weight excluding hydrogens is 523 g/mol. The number of aromatic nitrogens is 3. The number of amides is 1. The van der Waals surface area contributed by atoms with Crippen LogP contribution in [0.3, 0.4) is 0 Å². The summed E-state index contributed by atoms with van der Waals surface area (Å²) in [6, 6.07) is 5.31. The van der Waals surface area contributed by atoms with Crippen molar-refractivity contribution in [2.45, 2.75) is 64.0 Å². The number of pyridine rings is 1. The van der Waals surface area contributed by atoms with E-state index < -0.39 is 11.4 Å². The topological polar surface area (TPSA) is 128 Å². The molecule has 1 aliphatic carbocycles. The number of carbonyl (C=O) groups is 1. The first-order valence-corrected chi connectivity index (χ1v) is 13.9. The van der Waals surface area contributed by atoms with Crippen LogP contribution in [0, 0.1) is 12.3 Å². The van der Waals surface area contributed by atoms with Gasteiger partial charge in [-0.15, -0.1) is 0 Å². The second-order valence-corrected chi connectivity index (χ2v) is 10.6. The number of rotatable bonds is 10. The van der Waals surface area contributed by atoms with Gasteiger partial charge in [0.1, 0.15) is 28.9 Å². The number of anilines is 2. The fourth-order valence-electron chi connectivity index (χ4n) is 5.33. The lowest BCUT2D eigenvalue weighted by molar-refractivity contribution is -0.181. The zero-order chi connectivity index (χ0) is 29.6. The van der Waals surface area contributed by atoms with Gasteiger partial charge in [-0.2, -0.15) is 0 Å². The smallest absolute Gasteiger partial charge is 0.255 e. The molecule has 0 radical (unpaired) electrons. The minimum Gasteiger partial charge on any atom is -0.375 e. The molecule has 4 N–H and O–H groups in total. The summed E-state index contributed by atoms with van der Waals surface area (Å²) in [5, 5.41) is 16.1. The first-order chi connectivity index (χ1) is 19.6. The lowest BCUT2D eigenvalue weighted by atomic mass is 9.76. The Kier molecular flexibility index (Phi) is 9.49. The molecule has 1 saturated heterocycles. The second kappa shape index (κ2) is 13.0. The van der Waals surface area contributed by atoms with Crippen molar-refractivity contribution in [2.24, 2.45) is 0 Å². The highest BCUT2D eigenvalue weighted by Crippen LogP contribution is 2.43. The summed E-state index contributed by atoms with van der Waals surface area (Å²) in [4.78, 5) is 29.6. The standard InChI is InChI=1S/C30H39FN8O2/c1-19(2)14-26(33-5)37-27-15-20(3)36-28(38-27)22-8-10-30(11-9-22)29(40)39(12-13-41-30)21(4)23-6-7-25(34-17-23)35-18-24(31)16-32/h6-7,14-18,21-22,32-33H,1,8-13H2,2-5H3,(H,34,35)(H,36,37,38)/b24-18+,26-14+,32-16?/t21-,22?,30?/m0/s1. The van der Waals surface area contributed by atoms with Crippen molar-refractivity contribution in [3.63, 3.8) is 0 Å². The highest BCUT2D eigenvalue weighted by atomic mass is 19.1. The molecule has 2 aliphatic rings. The minimum atomic E-state index is -0.846. The lowest BCUT2D eigenvalue weighted by Gasteiger charge is -2.46. The van der Waals surface area contributed by atoms with Crippen molar-refractivity contribution in [3.8, 4) is 0 Å². The molecule has 11 heteroatoms. The van der Waals surface area contributed by atoms with E-state index in [1.54, 1.807) is 12.3 Å². The van der Waals surface area contributed by atoms with Crippen LogP contribution >= 0.6 is 0 Å². The fourth-order valence-corrected chi connectivity index (χ4v) is 5.33. The molecule has 2 aromatic rings. The van der Waals surface area contributed by atoms with Gasteiger partial charge in [-0.05, 0) is 64.2 Å². The number of carbonyl (C=O) groups excluding carboxylic acids is 1. The van der Waals surface area contributed by atoms with Gasteiger partial charge in [0.2, 0.25) is 0 Å². The van der Waals surface area contributed by atoms with Crippen LogP contribution in [0.4, 0.5) is 16.0 Å². The largest absolute Gasteiger partial charge is 0.375 e. The van der Waals surface area contributed by atoms with E-state index in [0.29, 0.717) is 43.8 Å². The van der Waals surface area contributed by atoms with Crippen LogP contribution in [0.2, 0.25) is 0 Å². The van der Waals surface area contributed by atoms with Crippen molar-refractivity contribution in [3.05, 3.63) is 77.6 Å². The zero-order valence-corrected chi connectivity index (χ0v) is 24.1. The summed E-state index contributed by atoms with van der Waals surface area (Å²) < 4.78 is 19.4. The maximum atomic E-state index is 13.8. The number of morpholine rings is 1. The summed E-state index contributed by atoms with van der Waals surface area (Å²) in [5.41, 5.74) is 1.82. The molecule has 0 bridgehead atoms. The molecule has 3 heterocycles. The average molecular weight is 563 g/mol. The van der Waals surface area contributed by atoms with E-state index in [2.05, 4.69) is 27.5 Å². The quantitative estimate of drug-likeness (QED) is 0.232. The van der Waals surface area contributed by atoms with Gasteiger partial charge in [0.25, 0.3) is 5.91 Å². The Morgan fingerprint density at radius 3 is 2.68 bits per heavy atom. The van der Waals surface area contributed by atoms with Crippen molar-refractivity contribution in [2.75, 3.05) is 30.8 Å². The molecule has 1 aliphatic heterocycles. The molecule has 10 nitrogen and oxygen atoms in total. The van der Waals surface area contributed by atoms with Gasteiger partial charge < -0.3 is 31.0 Å². The maximum Gasteiger partial charge on any atom is 0.255 e. The van der Waals surface area contributed by atoms with Crippen molar-refractivity contribution in [1.82, 2.24) is 25.2 Å². The van der Waals surface area contributed by atoms with E-state index in [1.165, 1.54) is 0 Å². The normalized spacial score (nSPS) is 22.3. The Morgan fingerprint density at radius 2 is 2.05 bits per heavy atom. The van der Waals surface area contributed by atoms with Crippen molar-refractivity contribution in [1.29, 1.82) is 5.41 Å². The van der Waals surface area contributed by atoms with E-state index in [0.717, 1.165) is 47.5 Å². The van der Waals surface area contributed by atoms with Crippen LogP contribution < -0.4 is 16.0 Å². The van der Waals surface area contributed by atoms with Crippen LogP contribution in [0.15, 0.2) is 60.5 Å². The van der Waals surface area contributed by atoms with Crippen molar-refractivity contribution < 1.29 is 13.9 Å². The van der Waals surface area contributed by atoms with Gasteiger partial charge in [0.15, 0.2) is 5.83 Å². The van der Waals surface area contributed by atoms with E-state index in [4.69, 9.17) is 20.1 Å². The third-order valence-electron chi connectivity index (χ3n) is 7.55. The molecule has 2 fully saturated rings. The fraction of sp³-hybridized carbons (Fsp3) is 0.433. The number of allylic oxidation sites excluding steroid dienone is 3. The molecule has 4 rings (SSSR count). The summed E-state index contributed by atoms with van der Waals surface area (Å²) in [6.45, 7) is 10.8. The molecule has 2 aromatic heterocycles. The molecule has 218 valence electrons. The lowest BCUT2D eigenvalue weighted by Crippen LogP contribution is -2.58. The van der Waals surface area contributed by atoms with Crippen LogP contribution in [0.5, 0.6) is 0 Å². The Bertz CT molecular complexity index is 1330. The van der Waals surface area contributed by atoms with Crippen molar-refractivity contribution >= 4 is 23.8 Å². The molecule has 1 saturated carbocycles. The second-order valence-electron chi connectivity index (χ2n) is 10.6. The Hall–Kier alpha value is -4.12. The summed E-state index contributed by atoms with van der Waals surface area (Å²) in [6.07, 6.45) is 7.98. The van der Waals surface area contributed by atoms with Gasteiger partial charge in [0.05, 0.1) is 18.9 Å². The van der Waals surface area contributed by atoms with Crippen LogP contribution in [-0.4, -0.2) is 57.8 Å². The number of aryl methyl sites for hydroxylation is 1. The van der Waals surface area contributed by atoms with Crippen LogP contribution in [0.1, 0.15) is 68.6 Å². The average Bonchev–Trinajstić information content (AvgIpc) is 2.96. The first kappa shape index (κ1) is 29.9. The first-order valence-electron chi connectivity index (χ1n) is 13.9. The summed E-state index contributed by atoms with van der Waals surface area (Å²) >= 11 is 0. The third kappa shape index (κ3) is 7.15. The molecule has 41 heavy (non-hydrogen) atoms. The van der Waals surface area contributed by atoms with E-state index >= 15 is 0 Å². The number of hydrogen-bond acceptors (Lipinski definition) is 9. The molecule has 0 aromatic carbocycles. The summed E-state index contributed by atoms with van der Waals surface area (Å²) in [5.74, 6) is 2.17. The highest BCUT2D eigenvalue weighted by Gasteiger charge is 2.49. The highest BCUT2D eigenvalue weighted by molar-refractivity contribution is 5.86. The Morgan fingerprint density at radius 1 is 1.29 bits per heavy atom. The molecular formula is C30H39FN8O2. The van der Waals surface area contributed by atoms with Gasteiger partial charge in [-0.25, -0.2) is 19.3 Å². The van der Waals surface area contributed by atoms with Gasteiger partial charge in [0, 0.05) is 43.7 Å². The van der Waals surface area contributed by atoms with Gasteiger partial charge in [-0.3, -0.25) is 4.79 Å². The molecule has 1 spiro atoms. The molecule has 0 unspecified atom stereocenters. The van der Waals surface area contributed by atoms with E-state index in [1.807, 2.05) is 50.9 Å². The monoisotopic (exact) mass is 562 g/mol. The maximum absolute atomic E-state index is 13.8.